The lowest BCUT2D eigenvalue weighted by atomic mass is 10.3. The van der Waals surface area contributed by atoms with Crippen molar-refractivity contribution in [3.63, 3.8) is 0 Å². The van der Waals surface area contributed by atoms with E-state index in [0.29, 0.717) is 34.0 Å². The minimum absolute atomic E-state index is 0.117. The van der Waals surface area contributed by atoms with Crippen molar-refractivity contribution in [1.82, 2.24) is 14.8 Å². The molecule has 0 aliphatic carbocycles. The maximum Gasteiger partial charge on any atom is 0.234 e. The second-order valence-electron chi connectivity index (χ2n) is 6.27. The number of rotatable bonds is 9. The van der Waals surface area contributed by atoms with Crippen LogP contribution >= 0.6 is 23.4 Å². The van der Waals surface area contributed by atoms with E-state index in [0.717, 1.165) is 0 Å². The number of thioether (sulfide) groups is 1. The SMILES string of the molecule is C=CCn1c(SCC(=O)Nc2ccc(F)cc2)nnc1C(C)Oc1ccccc1Cl. The van der Waals surface area contributed by atoms with Gasteiger partial charge in [0.05, 0.1) is 10.8 Å². The van der Waals surface area contributed by atoms with E-state index in [9.17, 15) is 9.18 Å². The molecule has 0 bridgehead atoms. The third-order valence-electron chi connectivity index (χ3n) is 4.02. The van der Waals surface area contributed by atoms with Gasteiger partial charge < -0.3 is 10.1 Å². The van der Waals surface area contributed by atoms with Gasteiger partial charge in [-0.15, -0.1) is 16.8 Å². The smallest absolute Gasteiger partial charge is 0.234 e. The molecule has 0 aliphatic heterocycles. The molecular weight excluding hydrogens is 427 g/mol. The van der Waals surface area contributed by atoms with E-state index in [1.165, 1.54) is 36.0 Å². The number of nitrogens with one attached hydrogen (secondary N) is 1. The Morgan fingerprint density at radius 3 is 2.73 bits per heavy atom. The number of hydrogen-bond acceptors (Lipinski definition) is 5. The van der Waals surface area contributed by atoms with Crippen molar-refractivity contribution in [3.8, 4) is 5.75 Å². The van der Waals surface area contributed by atoms with Gasteiger partial charge in [-0.25, -0.2) is 4.39 Å². The van der Waals surface area contributed by atoms with Crippen LogP contribution in [-0.2, 0) is 11.3 Å². The van der Waals surface area contributed by atoms with Crippen LogP contribution in [0.5, 0.6) is 5.75 Å². The van der Waals surface area contributed by atoms with Crippen molar-refractivity contribution in [2.45, 2.75) is 24.7 Å². The number of halogens is 2. The number of nitrogens with zero attached hydrogens (tertiary/aromatic N) is 3. The Morgan fingerprint density at radius 1 is 1.30 bits per heavy atom. The molecule has 3 rings (SSSR count). The number of anilines is 1. The second-order valence-corrected chi connectivity index (χ2v) is 7.62. The molecule has 3 aromatic rings. The molecule has 9 heteroatoms. The standard InChI is InChI=1S/C21H20ClFN4O2S/c1-3-12-27-20(14(2)29-18-7-5-4-6-17(18)22)25-26-21(27)30-13-19(28)24-16-10-8-15(23)9-11-16/h3-11,14H,1,12-13H2,2H3,(H,24,28). The largest absolute Gasteiger partial charge is 0.481 e. The highest BCUT2D eigenvalue weighted by molar-refractivity contribution is 7.99. The molecule has 0 aliphatic rings. The lowest BCUT2D eigenvalue weighted by molar-refractivity contribution is -0.113. The molecule has 156 valence electrons. The maximum absolute atomic E-state index is 13.0. The summed E-state index contributed by atoms with van der Waals surface area (Å²) in [5, 5.41) is 12.2. The summed E-state index contributed by atoms with van der Waals surface area (Å²) >= 11 is 7.41. The predicted octanol–water partition coefficient (Wildman–Crippen LogP) is 5.13. The molecule has 0 radical (unpaired) electrons. The Kier molecular flexibility index (Phi) is 7.48. The van der Waals surface area contributed by atoms with Crippen LogP contribution in [0.25, 0.3) is 0 Å². The minimum atomic E-state index is -0.417. The van der Waals surface area contributed by atoms with Crippen molar-refractivity contribution in [1.29, 1.82) is 0 Å². The van der Waals surface area contributed by atoms with Gasteiger partial charge >= 0.3 is 0 Å². The molecule has 1 N–H and O–H groups in total. The summed E-state index contributed by atoms with van der Waals surface area (Å²) in [5.74, 6) is 0.665. The molecule has 1 heterocycles. The monoisotopic (exact) mass is 446 g/mol. The molecule has 1 aromatic heterocycles. The highest BCUT2D eigenvalue weighted by atomic mass is 35.5. The average Bonchev–Trinajstić information content (AvgIpc) is 3.13. The first-order valence-electron chi connectivity index (χ1n) is 9.11. The normalized spacial score (nSPS) is 11.7. The van der Waals surface area contributed by atoms with Crippen LogP contribution in [0.2, 0.25) is 5.02 Å². The first-order chi connectivity index (χ1) is 14.5. The predicted molar refractivity (Wildman–Crippen MR) is 116 cm³/mol. The summed E-state index contributed by atoms with van der Waals surface area (Å²) in [6.07, 6.45) is 1.30. The first kappa shape index (κ1) is 21.9. The van der Waals surface area contributed by atoms with Gasteiger partial charge in [0, 0.05) is 12.2 Å². The van der Waals surface area contributed by atoms with E-state index in [1.807, 2.05) is 23.6 Å². The summed E-state index contributed by atoms with van der Waals surface area (Å²) in [4.78, 5) is 12.2. The van der Waals surface area contributed by atoms with E-state index in [-0.39, 0.29) is 17.5 Å². The Morgan fingerprint density at radius 2 is 2.03 bits per heavy atom. The molecule has 1 amide bonds. The molecular formula is C21H20ClFN4O2S. The number of aromatic nitrogens is 3. The van der Waals surface area contributed by atoms with Gasteiger partial charge in [0.15, 0.2) is 17.1 Å². The summed E-state index contributed by atoms with van der Waals surface area (Å²) in [6, 6.07) is 12.8. The van der Waals surface area contributed by atoms with Crippen LogP contribution in [-0.4, -0.2) is 26.4 Å². The topological polar surface area (TPSA) is 69.0 Å². The summed E-state index contributed by atoms with van der Waals surface area (Å²) < 4.78 is 20.8. The number of hydrogen-bond donors (Lipinski definition) is 1. The molecule has 1 atom stereocenters. The molecule has 30 heavy (non-hydrogen) atoms. The van der Waals surface area contributed by atoms with Crippen LogP contribution in [0.4, 0.5) is 10.1 Å². The molecule has 0 saturated heterocycles. The molecule has 0 fully saturated rings. The van der Waals surface area contributed by atoms with E-state index in [2.05, 4.69) is 22.1 Å². The zero-order chi connectivity index (χ0) is 21.5. The van der Waals surface area contributed by atoms with Crippen molar-refractivity contribution in [2.75, 3.05) is 11.1 Å². The number of amides is 1. The van der Waals surface area contributed by atoms with Gasteiger partial charge in [0.1, 0.15) is 11.6 Å². The second kappa shape index (κ2) is 10.3. The quantitative estimate of drug-likeness (QED) is 0.364. The first-order valence-corrected chi connectivity index (χ1v) is 10.5. The molecule has 6 nitrogen and oxygen atoms in total. The van der Waals surface area contributed by atoms with Gasteiger partial charge in [0.25, 0.3) is 0 Å². The fourth-order valence-corrected chi connectivity index (χ4v) is 3.59. The fraction of sp³-hybridized carbons (Fsp3) is 0.190. The number of ether oxygens (including phenoxy) is 1. The zero-order valence-corrected chi connectivity index (χ0v) is 17.8. The Hall–Kier alpha value is -2.84. The number of carbonyl (C=O) groups excluding carboxylic acids is 1. The van der Waals surface area contributed by atoms with Crippen molar-refractivity contribution >= 4 is 35.0 Å². The van der Waals surface area contributed by atoms with Crippen molar-refractivity contribution < 1.29 is 13.9 Å². The van der Waals surface area contributed by atoms with Crippen LogP contribution in [0.3, 0.4) is 0 Å². The number of carbonyl (C=O) groups is 1. The summed E-state index contributed by atoms with van der Waals surface area (Å²) in [6.45, 7) is 6.08. The van der Waals surface area contributed by atoms with Crippen LogP contribution in [0.15, 0.2) is 66.3 Å². The van der Waals surface area contributed by atoms with E-state index in [1.54, 1.807) is 18.2 Å². The lowest BCUT2D eigenvalue weighted by Gasteiger charge is -2.16. The van der Waals surface area contributed by atoms with E-state index < -0.39 is 6.10 Å². The third kappa shape index (κ3) is 5.61. The van der Waals surface area contributed by atoms with Gasteiger partial charge in [0.2, 0.25) is 5.91 Å². The Bertz CT molecular complexity index is 1030. The van der Waals surface area contributed by atoms with Crippen LogP contribution in [0, 0.1) is 5.82 Å². The van der Waals surface area contributed by atoms with Gasteiger partial charge in [-0.05, 0) is 43.3 Å². The maximum atomic E-state index is 13.0. The highest BCUT2D eigenvalue weighted by Gasteiger charge is 2.20. The Labute approximate surface area is 183 Å². The van der Waals surface area contributed by atoms with Crippen LogP contribution in [0.1, 0.15) is 18.9 Å². The fourth-order valence-electron chi connectivity index (χ4n) is 2.65. The van der Waals surface area contributed by atoms with Gasteiger partial charge in [-0.1, -0.05) is 41.6 Å². The molecule has 1 unspecified atom stereocenters. The number of benzene rings is 2. The summed E-state index contributed by atoms with van der Waals surface area (Å²) in [7, 11) is 0. The van der Waals surface area contributed by atoms with Crippen molar-refractivity contribution in [3.05, 3.63) is 77.9 Å². The third-order valence-corrected chi connectivity index (χ3v) is 5.30. The van der Waals surface area contributed by atoms with Gasteiger partial charge in [-0.2, -0.15) is 0 Å². The van der Waals surface area contributed by atoms with Crippen LogP contribution < -0.4 is 10.1 Å². The number of para-hydroxylation sites is 1. The number of allylic oxidation sites excluding steroid dienone is 1. The Balaban J connectivity index is 1.67. The average molecular weight is 447 g/mol. The zero-order valence-electron chi connectivity index (χ0n) is 16.2. The molecule has 0 saturated carbocycles. The van der Waals surface area contributed by atoms with E-state index >= 15 is 0 Å². The molecule has 2 aromatic carbocycles. The van der Waals surface area contributed by atoms with E-state index in [4.69, 9.17) is 16.3 Å². The highest BCUT2D eigenvalue weighted by Crippen LogP contribution is 2.29. The lowest BCUT2D eigenvalue weighted by Crippen LogP contribution is -2.15. The van der Waals surface area contributed by atoms with Gasteiger partial charge in [-0.3, -0.25) is 9.36 Å². The minimum Gasteiger partial charge on any atom is -0.481 e. The molecule has 0 spiro atoms. The van der Waals surface area contributed by atoms with Crippen molar-refractivity contribution in [2.24, 2.45) is 0 Å². The summed E-state index contributed by atoms with van der Waals surface area (Å²) in [5.41, 5.74) is 0.525.